The zero-order valence-electron chi connectivity index (χ0n) is 11.8. The molecule has 1 unspecified atom stereocenters. The number of nitrogens with one attached hydrogen (secondary N) is 1. The van der Waals surface area contributed by atoms with E-state index in [0.717, 1.165) is 30.2 Å². The number of hydrogen-bond donors (Lipinski definition) is 1. The van der Waals surface area contributed by atoms with Crippen LogP contribution >= 0.6 is 0 Å². The summed E-state index contributed by atoms with van der Waals surface area (Å²) >= 11 is 0. The van der Waals surface area contributed by atoms with E-state index in [1.54, 1.807) is 7.11 Å². The molecule has 0 bridgehead atoms. The van der Waals surface area contributed by atoms with Crippen molar-refractivity contribution in [3.05, 3.63) is 53.6 Å². The molecule has 3 nitrogen and oxygen atoms in total. The standard InChI is InChI=1S/C17H19NO2/c1-12-7-8-15-17(9-12)20-14(11-18-15)10-13-5-3-4-6-16(13)19-2/h3-9,14,18H,10-11H2,1-2H3. The lowest BCUT2D eigenvalue weighted by molar-refractivity contribution is 0.205. The Morgan fingerprint density at radius 1 is 1.25 bits per heavy atom. The predicted octanol–water partition coefficient (Wildman–Crippen LogP) is 3.42. The van der Waals surface area contributed by atoms with Crippen molar-refractivity contribution in [2.75, 3.05) is 19.0 Å². The van der Waals surface area contributed by atoms with Crippen LogP contribution in [0.15, 0.2) is 42.5 Å². The predicted molar refractivity (Wildman–Crippen MR) is 80.8 cm³/mol. The molecule has 0 saturated heterocycles. The van der Waals surface area contributed by atoms with Gasteiger partial charge in [0.05, 0.1) is 19.3 Å². The Balaban J connectivity index is 1.77. The van der Waals surface area contributed by atoms with Crippen molar-refractivity contribution in [2.24, 2.45) is 0 Å². The second kappa shape index (κ2) is 5.45. The van der Waals surface area contributed by atoms with Gasteiger partial charge in [0, 0.05) is 6.42 Å². The number of benzene rings is 2. The number of hydrogen-bond acceptors (Lipinski definition) is 3. The Morgan fingerprint density at radius 3 is 2.95 bits per heavy atom. The van der Waals surface area contributed by atoms with Crippen molar-refractivity contribution in [3.63, 3.8) is 0 Å². The van der Waals surface area contributed by atoms with Crippen molar-refractivity contribution < 1.29 is 9.47 Å². The van der Waals surface area contributed by atoms with Crippen molar-refractivity contribution >= 4 is 5.69 Å². The Kier molecular flexibility index (Phi) is 3.50. The molecule has 0 saturated carbocycles. The molecule has 20 heavy (non-hydrogen) atoms. The minimum absolute atomic E-state index is 0.126. The van der Waals surface area contributed by atoms with Crippen molar-refractivity contribution in [1.29, 1.82) is 0 Å². The van der Waals surface area contributed by atoms with E-state index in [1.165, 1.54) is 11.1 Å². The minimum atomic E-state index is 0.126. The molecule has 1 N–H and O–H groups in total. The van der Waals surface area contributed by atoms with Gasteiger partial charge in [0.25, 0.3) is 0 Å². The van der Waals surface area contributed by atoms with Crippen LogP contribution in [0.4, 0.5) is 5.69 Å². The zero-order valence-corrected chi connectivity index (χ0v) is 11.8. The quantitative estimate of drug-likeness (QED) is 0.926. The van der Waals surface area contributed by atoms with E-state index in [-0.39, 0.29) is 6.10 Å². The minimum Gasteiger partial charge on any atom is -0.496 e. The van der Waals surface area contributed by atoms with Gasteiger partial charge in [-0.1, -0.05) is 24.3 Å². The number of fused-ring (bicyclic) bond motifs is 1. The molecule has 104 valence electrons. The molecule has 1 heterocycles. The van der Waals surface area contributed by atoms with Crippen LogP contribution in [0.2, 0.25) is 0 Å². The summed E-state index contributed by atoms with van der Waals surface area (Å²) in [6, 6.07) is 14.3. The molecule has 0 spiro atoms. The van der Waals surface area contributed by atoms with Crippen LogP contribution in [-0.4, -0.2) is 19.8 Å². The number of ether oxygens (including phenoxy) is 2. The first-order valence-electron chi connectivity index (χ1n) is 6.89. The van der Waals surface area contributed by atoms with Gasteiger partial charge < -0.3 is 14.8 Å². The summed E-state index contributed by atoms with van der Waals surface area (Å²) in [7, 11) is 1.71. The van der Waals surface area contributed by atoms with Crippen molar-refractivity contribution in [2.45, 2.75) is 19.4 Å². The highest BCUT2D eigenvalue weighted by atomic mass is 16.5. The zero-order chi connectivity index (χ0) is 13.9. The molecule has 0 amide bonds. The third kappa shape index (κ3) is 2.57. The molecule has 2 aromatic carbocycles. The first kappa shape index (κ1) is 12.9. The Morgan fingerprint density at radius 2 is 2.10 bits per heavy atom. The highest BCUT2D eigenvalue weighted by Gasteiger charge is 2.20. The van der Waals surface area contributed by atoms with Crippen LogP contribution in [0.3, 0.4) is 0 Å². The molecule has 2 aromatic rings. The van der Waals surface area contributed by atoms with Crippen molar-refractivity contribution in [3.8, 4) is 11.5 Å². The van der Waals surface area contributed by atoms with Gasteiger partial charge in [0.1, 0.15) is 17.6 Å². The van der Waals surface area contributed by atoms with E-state index in [9.17, 15) is 0 Å². The van der Waals surface area contributed by atoms with Crippen LogP contribution in [0.25, 0.3) is 0 Å². The average Bonchev–Trinajstić information content (AvgIpc) is 2.47. The van der Waals surface area contributed by atoms with Crippen LogP contribution in [0.1, 0.15) is 11.1 Å². The molecular formula is C17H19NO2. The molecule has 0 aromatic heterocycles. The molecular weight excluding hydrogens is 250 g/mol. The van der Waals surface area contributed by atoms with E-state index in [4.69, 9.17) is 9.47 Å². The van der Waals surface area contributed by atoms with Crippen LogP contribution < -0.4 is 14.8 Å². The highest BCUT2D eigenvalue weighted by Crippen LogP contribution is 2.31. The van der Waals surface area contributed by atoms with Gasteiger partial charge in [-0.15, -0.1) is 0 Å². The summed E-state index contributed by atoms with van der Waals surface area (Å²) in [6.07, 6.45) is 0.963. The van der Waals surface area contributed by atoms with Gasteiger partial charge in [-0.3, -0.25) is 0 Å². The maximum atomic E-state index is 6.10. The number of rotatable bonds is 3. The fourth-order valence-corrected chi connectivity index (χ4v) is 2.55. The molecule has 3 rings (SSSR count). The SMILES string of the molecule is COc1ccccc1CC1CNc2ccc(C)cc2O1. The molecule has 1 aliphatic rings. The third-order valence-electron chi connectivity index (χ3n) is 3.59. The van der Waals surface area contributed by atoms with E-state index in [1.807, 2.05) is 18.2 Å². The first-order valence-corrected chi connectivity index (χ1v) is 6.89. The van der Waals surface area contributed by atoms with Crippen LogP contribution in [-0.2, 0) is 6.42 Å². The number of anilines is 1. The number of aryl methyl sites for hydroxylation is 1. The van der Waals surface area contributed by atoms with Gasteiger partial charge in [-0.25, -0.2) is 0 Å². The molecule has 1 atom stereocenters. The number of para-hydroxylation sites is 1. The average molecular weight is 269 g/mol. The maximum Gasteiger partial charge on any atom is 0.143 e. The normalized spacial score (nSPS) is 16.8. The lowest BCUT2D eigenvalue weighted by Gasteiger charge is -2.28. The molecule has 0 aliphatic carbocycles. The lowest BCUT2D eigenvalue weighted by atomic mass is 10.0. The lowest BCUT2D eigenvalue weighted by Crippen LogP contribution is -2.32. The van der Waals surface area contributed by atoms with Gasteiger partial charge in [0.15, 0.2) is 0 Å². The van der Waals surface area contributed by atoms with Gasteiger partial charge in [-0.2, -0.15) is 0 Å². The van der Waals surface area contributed by atoms with Gasteiger partial charge in [-0.05, 0) is 36.2 Å². The molecule has 0 fully saturated rings. The highest BCUT2D eigenvalue weighted by molar-refractivity contribution is 5.59. The first-order chi connectivity index (χ1) is 9.76. The Hall–Kier alpha value is -2.16. The van der Waals surface area contributed by atoms with E-state index in [2.05, 4.69) is 36.5 Å². The van der Waals surface area contributed by atoms with E-state index in [0.29, 0.717) is 0 Å². The van der Waals surface area contributed by atoms with Crippen LogP contribution in [0, 0.1) is 6.92 Å². The molecule has 1 aliphatic heterocycles. The summed E-state index contributed by atoms with van der Waals surface area (Å²) in [5.41, 5.74) is 3.47. The summed E-state index contributed by atoms with van der Waals surface area (Å²) < 4.78 is 11.5. The Labute approximate surface area is 119 Å². The Bertz CT molecular complexity index is 610. The van der Waals surface area contributed by atoms with Crippen LogP contribution in [0.5, 0.6) is 11.5 Å². The van der Waals surface area contributed by atoms with Gasteiger partial charge >= 0.3 is 0 Å². The maximum absolute atomic E-state index is 6.10. The fourth-order valence-electron chi connectivity index (χ4n) is 2.55. The van der Waals surface area contributed by atoms with Crippen molar-refractivity contribution in [1.82, 2.24) is 0 Å². The fraction of sp³-hybridized carbons (Fsp3) is 0.294. The van der Waals surface area contributed by atoms with Gasteiger partial charge in [0.2, 0.25) is 0 Å². The molecule has 3 heteroatoms. The summed E-state index contributed by atoms with van der Waals surface area (Å²) in [6.45, 7) is 2.89. The topological polar surface area (TPSA) is 30.5 Å². The largest absolute Gasteiger partial charge is 0.496 e. The summed E-state index contributed by atoms with van der Waals surface area (Å²) in [5.74, 6) is 1.86. The summed E-state index contributed by atoms with van der Waals surface area (Å²) in [5, 5.41) is 3.43. The third-order valence-corrected chi connectivity index (χ3v) is 3.59. The summed E-state index contributed by atoms with van der Waals surface area (Å²) in [4.78, 5) is 0. The van der Waals surface area contributed by atoms with E-state index >= 15 is 0 Å². The second-order valence-corrected chi connectivity index (χ2v) is 5.14. The van der Waals surface area contributed by atoms with E-state index < -0.39 is 0 Å². The second-order valence-electron chi connectivity index (χ2n) is 5.14. The smallest absolute Gasteiger partial charge is 0.143 e. The monoisotopic (exact) mass is 269 g/mol. The molecule has 0 radical (unpaired) electrons. The number of methoxy groups -OCH3 is 1.